The van der Waals surface area contributed by atoms with Gasteiger partial charge in [-0.3, -0.25) is 18.6 Å². The quantitative estimate of drug-likeness (QED) is 0.0273. The molecule has 2 N–H and O–H groups in total. The number of carbonyl (C=O) groups is 2. The lowest BCUT2D eigenvalue weighted by Gasteiger charge is -2.20. The van der Waals surface area contributed by atoms with E-state index in [2.05, 4.69) is 55.6 Å². The Morgan fingerprint density at radius 3 is 1.63 bits per heavy atom. The van der Waals surface area contributed by atoms with Crippen LogP contribution in [0, 0.1) is 0 Å². The van der Waals surface area contributed by atoms with Crippen molar-refractivity contribution in [1.82, 2.24) is 5.32 Å². The number of ether oxygens (including phenoxy) is 2. The number of allylic oxidation sites excluding steroid dienone is 6. The smallest absolute Gasteiger partial charge is 0.462 e. The molecular formula is C42H78NO8P. The van der Waals surface area contributed by atoms with E-state index in [0.29, 0.717) is 13.0 Å². The molecule has 2 atom stereocenters. The minimum atomic E-state index is -4.35. The van der Waals surface area contributed by atoms with Gasteiger partial charge >= 0.3 is 19.8 Å². The number of phosphoric ester groups is 1. The van der Waals surface area contributed by atoms with E-state index in [-0.39, 0.29) is 32.0 Å². The zero-order valence-corrected chi connectivity index (χ0v) is 34.4. The monoisotopic (exact) mass is 756 g/mol. The first-order valence-electron chi connectivity index (χ1n) is 20.9. The van der Waals surface area contributed by atoms with Crippen molar-refractivity contribution in [3.63, 3.8) is 0 Å². The number of hydrogen-bond donors (Lipinski definition) is 2. The molecule has 0 amide bonds. The first-order chi connectivity index (χ1) is 25.3. The highest BCUT2D eigenvalue weighted by Gasteiger charge is 2.26. The van der Waals surface area contributed by atoms with Crippen molar-refractivity contribution in [1.29, 1.82) is 0 Å². The van der Waals surface area contributed by atoms with Crippen LogP contribution in [0.2, 0.25) is 0 Å². The van der Waals surface area contributed by atoms with Gasteiger partial charge < -0.3 is 19.7 Å². The third-order valence-corrected chi connectivity index (χ3v) is 9.76. The van der Waals surface area contributed by atoms with Gasteiger partial charge in [0.05, 0.1) is 13.2 Å². The van der Waals surface area contributed by atoms with Crippen LogP contribution >= 0.6 is 7.82 Å². The van der Waals surface area contributed by atoms with Crippen LogP contribution in [0.1, 0.15) is 181 Å². The molecule has 0 fully saturated rings. The van der Waals surface area contributed by atoms with Crippen molar-refractivity contribution in [2.24, 2.45) is 0 Å². The molecule has 0 radical (unpaired) electrons. The zero-order chi connectivity index (χ0) is 38.2. The fraction of sp³-hybridized carbons (Fsp3) is 0.810. The van der Waals surface area contributed by atoms with Gasteiger partial charge in [-0.25, -0.2) is 4.57 Å². The van der Waals surface area contributed by atoms with E-state index < -0.39 is 26.5 Å². The second-order valence-electron chi connectivity index (χ2n) is 13.8. The molecular weight excluding hydrogens is 677 g/mol. The fourth-order valence-corrected chi connectivity index (χ4v) is 6.38. The molecule has 0 aliphatic heterocycles. The van der Waals surface area contributed by atoms with Crippen LogP contribution in [-0.4, -0.2) is 56.3 Å². The van der Waals surface area contributed by atoms with E-state index in [1.165, 1.54) is 77.0 Å². The number of nitrogens with one attached hydrogen (secondary N) is 1. The summed E-state index contributed by atoms with van der Waals surface area (Å²) in [6, 6.07) is 0. The van der Waals surface area contributed by atoms with Gasteiger partial charge in [0.1, 0.15) is 6.61 Å². The topological polar surface area (TPSA) is 120 Å². The molecule has 0 spiro atoms. The predicted molar refractivity (Wildman–Crippen MR) is 215 cm³/mol. The van der Waals surface area contributed by atoms with E-state index in [1.807, 2.05) is 0 Å². The maximum atomic E-state index is 12.6. The lowest BCUT2D eigenvalue weighted by molar-refractivity contribution is -0.161. The van der Waals surface area contributed by atoms with E-state index in [9.17, 15) is 19.0 Å². The summed E-state index contributed by atoms with van der Waals surface area (Å²) in [4.78, 5) is 35.0. The van der Waals surface area contributed by atoms with Gasteiger partial charge in [-0.2, -0.15) is 0 Å². The van der Waals surface area contributed by atoms with Gasteiger partial charge in [0, 0.05) is 19.4 Å². The molecule has 0 aliphatic carbocycles. The van der Waals surface area contributed by atoms with E-state index in [1.54, 1.807) is 7.05 Å². The molecule has 0 rings (SSSR count). The SMILES string of the molecule is CC/C=C\C/C=C\C/C=C\CCCCCCCC(=O)OC(COC(=O)CCCCCCCCCCCCCCCCC)COP(=O)(O)OCCNC. The molecule has 0 heterocycles. The highest BCUT2D eigenvalue weighted by atomic mass is 31.2. The Morgan fingerprint density at radius 2 is 1.10 bits per heavy atom. The standard InChI is InChI=1S/C42H78NO8P/c1-4-6-8-10-12-14-16-18-20-22-24-26-28-30-32-34-41(44)48-38-40(39-50-52(46,47)49-37-36-43-3)51-42(45)35-33-31-29-27-25-23-21-19-17-15-13-11-9-7-5-2/h7,9,13,15,19,21,40,43H,4-6,8,10-12,14,16-18,20,22-39H2,1-3H3,(H,46,47)/b9-7-,15-13-,21-19-. The molecule has 2 unspecified atom stereocenters. The maximum Gasteiger partial charge on any atom is 0.472 e. The molecule has 10 heteroatoms. The Morgan fingerprint density at radius 1 is 0.615 bits per heavy atom. The van der Waals surface area contributed by atoms with Crippen molar-refractivity contribution in [3.8, 4) is 0 Å². The molecule has 9 nitrogen and oxygen atoms in total. The van der Waals surface area contributed by atoms with Gasteiger partial charge in [-0.05, 0) is 52.0 Å². The number of likely N-dealkylation sites (N-methyl/N-ethyl adjacent to an activating group) is 1. The molecule has 0 aliphatic rings. The Kier molecular flexibility index (Phi) is 37.6. The lowest BCUT2D eigenvalue weighted by Crippen LogP contribution is -2.29. The number of unbranched alkanes of at least 4 members (excludes halogenated alkanes) is 19. The molecule has 304 valence electrons. The van der Waals surface area contributed by atoms with Crippen molar-refractivity contribution in [2.45, 2.75) is 187 Å². The molecule has 0 aromatic heterocycles. The number of esters is 2. The predicted octanol–water partition coefficient (Wildman–Crippen LogP) is 11.6. The largest absolute Gasteiger partial charge is 0.472 e. The number of carbonyl (C=O) groups excluding carboxylic acids is 2. The van der Waals surface area contributed by atoms with Crippen LogP contribution in [0.5, 0.6) is 0 Å². The van der Waals surface area contributed by atoms with Crippen molar-refractivity contribution < 1.29 is 37.6 Å². The Balaban J connectivity index is 4.25. The summed E-state index contributed by atoms with van der Waals surface area (Å²) < 4.78 is 33.1. The number of phosphoric acid groups is 1. The zero-order valence-electron chi connectivity index (χ0n) is 33.5. The molecule has 0 saturated heterocycles. The van der Waals surface area contributed by atoms with Crippen LogP contribution in [0.25, 0.3) is 0 Å². The van der Waals surface area contributed by atoms with Gasteiger partial charge in [0.25, 0.3) is 0 Å². The van der Waals surface area contributed by atoms with Crippen LogP contribution in [0.15, 0.2) is 36.5 Å². The van der Waals surface area contributed by atoms with Crippen LogP contribution in [0.3, 0.4) is 0 Å². The van der Waals surface area contributed by atoms with E-state index in [4.69, 9.17) is 18.5 Å². The Labute approximate surface area is 318 Å². The van der Waals surface area contributed by atoms with Crippen LogP contribution in [0.4, 0.5) is 0 Å². The summed E-state index contributed by atoms with van der Waals surface area (Å²) in [5.41, 5.74) is 0. The summed E-state index contributed by atoms with van der Waals surface area (Å²) >= 11 is 0. The first kappa shape index (κ1) is 50.2. The maximum absolute atomic E-state index is 12.6. The minimum Gasteiger partial charge on any atom is -0.462 e. The molecule has 52 heavy (non-hydrogen) atoms. The van der Waals surface area contributed by atoms with Gasteiger partial charge in [-0.1, -0.05) is 159 Å². The second kappa shape index (κ2) is 38.9. The first-order valence-corrected chi connectivity index (χ1v) is 22.4. The third-order valence-electron chi connectivity index (χ3n) is 8.77. The average molecular weight is 756 g/mol. The molecule has 0 saturated carbocycles. The van der Waals surface area contributed by atoms with Crippen molar-refractivity contribution in [2.75, 3.05) is 33.4 Å². The number of hydrogen-bond acceptors (Lipinski definition) is 8. The average Bonchev–Trinajstić information content (AvgIpc) is 3.12. The molecule has 0 aromatic carbocycles. The second-order valence-corrected chi connectivity index (χ2v) is 15.2. The lowest BCUT2D eigenvalue weighted by atomic mass is 10.0. The fourth-order valence-electron chi connectivity index (χ4n) is 5.63. The van der Waals surface area contributed by atoms with Gasteiger partial charge in [0.2, 0.25) is 0 Å². The Bertz CT molecular complexity index is 954. The summed E-state index contributed by atoms with van der Waals surface area (Å²) in [6.07, 6.45) is 40.4. The van der Waals surface area contributed by atoms with E-state index >= 15 is 0 Å². The molecule has 0 aromatic rings. The van der Waals surface area contributed by atoms with Gasteiger partial charge in [-0.15, -0.1) is 0 Å². The minimum absolute atomic E-state index is 0.0200. The highest BCUT2D eigenvalue weighted by molar-refractivity contribution is 7.47. The van der Waals surface area contributed by atoms with E-state index in [0.717, 1.165) is 70.6 Å². The summed E-state index contributed by atoms with van der Waals surface area (Å²) in [5, 5.41) is 2.82. The van der Waals surface area contributed by atoms with Crippen molar-refractivity contribution in [3.05, 3.63) is 36.5 Å². The van der Waals surface area contributed by atoms with Gasteiger partial charge in [0.15, 0.2) is 6.10 Å². The van der Waals surface area contributed by atoms with Crippen LogP contribution < -0.4 is 5.32 Å². The summed E-state index contributed by atoms with van der Waals surface area (Å²) in [6.45, 7) is 4.10. The third kappa shape index (κ3) is 38.0. The Hall–Kier alpha value is -1.77. The summed E-state index contributed by atoms with van der Waals surface area (Å²) in [5.74, 6) is -0.823. The van der Waals surface area contributed by atoms with Crippen LogP contribution in [-0.2, 0) is 32.7 Å². The highest BCUT2D eigenvalue weighted by Crippen LogP contribution is 2.43. The number of rotatable bonds is 39. The molecule has 0 bridgehead atoms. The van der Waals surface area contributed by atoms with Crippen molar-refractivity contribution >= 4 is 19.8 Å². The normalized spacial score (nSPS) is 13.7. The summed E-state index contributed by atoms with van der Waals surface area (Å²) in [7, 11) is -2.65.